The number of Topliss-reactive ketones (excluding diaryl/α,β-unsaturated/α-hetero) is 2. The molecule has 0 unspecified atom stereocenters. The Bertz CT molecular complexity index is 178. The van der Waals surface area contributed by atoms with E-state index in [9.17, 15) is 9.59 Å². The third-order valence-electron chi connectivity index (χ3n) is 2.48. The molecule has 0 N–H and O–H groups in total. The highest BCUT2D eigenvalue weighted by Gasteiger charge is 2.26. The topological polar surface area (TPSA) is 34.1 Å². The maximum Gasteiger partial charge on any atom is 0.201 e. The summed E-state index contributed by atoms with van der Waals surface area (Å²) < 4.78 is 0. The molecule has 0 bridgehead atoms. The first-order valence-electron chi connectivity index (χ1n) is 4.82. The van der Waals surface area contributed by atoms with Gasteiger partial charge in [0.2, 0.25) is 5.78 Å². The molecule has 0 heterocycles. The summed E-state index contributed by atoms with van der Waals surface area (Å²) in [4.78, 5) is 22.6. The van der Waals surface area contributed by atoms with Crippen LogP contribution < -0.4 is 0 Å². The van der Waals surface area contributed by atoms with Crippen LogP contribution in [-0.4, -0.2) is 11.6 Å². The third-order valence-corrected chi connectivity index (χ3v) is 2.48. The largest absolute Gasteiger partial charge is 0.291 e. The SMILES string of the molecule is CCCC(=O)C(=O)C1CCCC1. The van der Waals surface area contributed by atoms with Crippen LogP contribution in [0.25, 0.3) is 0 Å². The minimum Gasteiger partial charge on any atom is -0.291 e. The molecule has 68 valence electrons. The minimum atomic E-state index is -0.149. The lowest BCUT2D eigenvalue weighted by Crippen LogP contribution is -2.21. The smallest absolute Gasteiger partial charge is 0.201 e. The summed E-state index contributed by atoms with van der Waals surface area (Å²) in [6, 6.07) is 0. The molecule has 1 aliphatic rings. The molecule has 0 spiro atoms. The van der Waals surface area contributed by atoms with E-state index >= 15 is 0 Å². The highest BCUT2D eigenvalue weighted by Crippen LogP contribution is 2.25. The molecule has 0 aliphatic heterocycles. The number of hydrogen-bond donors (Lipinski definition) is 0. The van der Waals surface area contributed by atoms with Crippen LogP contribution in [0.4, 0.5) is 0 Å². The van der Waals surface area contributed by atoms with Gasteiger partial charge in [0.05, 0.1) is 0 Å². The second kappa shape index (κ2) is 4.39. The van der Waals surface area contributed by atoms with Gasteiger partial charge in [0.25, 0.3) is 0 Å². The average Bonchev–Trinajstić information content (AvgIpc) is 2.55. The standard InChI is InChI=1S/C10H16O2/c1-2-5-9(11)10(12)8-6-3-4-7-8/h8H,2-7H2,1H3. The van der Waals surface area contributed by atoms with Crippen molar-refractivity contribution in [3.63, 3.8) is 0 Å². The molecule has 0 atom stereocenters. The summed E-state index contributed by atoms with van der Waals surface area (Å²) in [7, 11) is 0. The van der Waals surface area contributed by atoms with E-state index in [1.807, 2.05) is 6.92 Å². The summed E-state index contributed by atoms with van der Waals surface area (Å²) in [6.07, 6.45) is 5.35. The van der Waals surface area contributed by atoms with Gasteiger partial charge in [0.1, 0.15) is 0 Å². The first-order chi connectivity index (χ1) is 5.75. The van der Waals surface area contributed by atoms with E-state index in [1.54, 1.807) is 0 Å². The molecule has 1 rings (SSSR count). The van der Waals surface area contributed by atoms with Crippen molar-refractivity contribution in [3.05, 3.63) is 0 Å². The Balaban J connectivity index is 2.40. The van der Waals surface area contributed by atoms with Crippen molar-refractivity contribution in [1.82, 2.24) is 0 Å². The molecular weight excluding hydrogens is 152 g/mol. The van der Waals surface area contributed by atoms with E-state index in [1.165, 1.54) is 0 Å². The summed E-state index contributed by atoms with van der Waals surface area (Å²) >= 11 is 0. The fourth-order valence-electron chi connectivity index (χ4n) is 1.77. The van der Waals surface area contributed by atoms with E-state index in [0.29, 0.717) is 6.42 Å². The Morgan fingerprint density at radius 2 is 1.83 bits per heavy atom. The highest BCUT2D eigenvalue weighted by molar-refractivity contribution is 6.37. The van der Waals surface area contributed by atoms with Gasteiger partial charge >= 0.3 is 0 Å². The minimum absolute atomic E-state index is 0.0732. The zero-order chi connectivity index (χ0) is 8.97. The van der Waals surface area contributed by atoms with Crippen LogP contribution in [0.5, 0.6) is 0 Å². The molecule has 0 amide bonds. The number of carbonyl (C=O) groups is 2. The van der Waals surface area contributed by atoms with Gasteiger partial charge in [-0.2, -0.15) is 0 Å². The Morgan fingerprint density at radius 3 is 2.33 bits per heavy atom. The van der Waals surface area contributed by atoms with Crippen molar-refractivity contribution in [2.24, 2.45) is 5.92 Å². The van der Waals surface area contributed by atoms with E-state index in [0.717, 1.165) is 32.1 Å². The van der Waals surface area contributed by atoms with Crippen molar-refractivity contribution in [1.29, 1.82) is 0 Å². The summed E-state index contributed by atoms with van der Waals surface area (Å²) in [5.41, 5.74) is 0. The Hall–Kier alpha value is -0.660. The summed E-state index contributed by atoms with van der Waals surface area (Å²) in [5.74, 6) is -0.178. The normalized spacial score (nSPS) is 18.1. The van der Waals surface area contributed by atoms with E-state index in [2.05, 4.69) is 0 Å². The number of ketones is 2. The predicted octanol–water partition coefficient (Wildman–Crippen LogP) is 2.11. The summed E-state index contributed by atoms with van der Waals surface area (Å²) in [5, 5.41) is 0. The van der Waals surface area contributed by atoms with Gasteiger partial charge in [-0.15, -0.1) is 0 Å². The monoisotopic (exact) mass is 168 g/mol. The lowest BCUT2D eigenvalue weighted by atomic mass is 9.97. The van der Waals surface area contributed by atoms with Crippen molar-refractivity contribution in [2.75, 3.05) is 0 Å². The Kier molecular flexibility index (Phi) is 3.45. The van der Waals surface area contributed by atoms with Crippen LogP contribution in [-0.2, 0) is 9.59 Å². The molecule has 12 heavy (non-hydrogen) atoms. The molecule has 1 saturated carbocycles. The van der Waals surface area contributed by atoms with Crippen LogP contribution in [0.1, 0.15) is 45.4 Å². The highest BCUT2D eigenvalue weighted by atomic mass is 16.2. The predicted molar refractivity (Wildman–Crippen MR) is 46.9 cm³/mol. The van der Waals surface area contributed by atoms with Gasteiger partial charge in [0, 0.05) is 12.3 Å². The first kappa shape index (κ1) is 9.43. The lowest BCUT2D eigenvalue weighted by Gasteiger charge is -2.04. The maximum absolute atomic E-state index is 11.4. The Labute approximate surface area is 73.3 Å². The van der Waals surface area contributed by atoms with Gasteiger partial charge < -0.3 is 0 Å². The van der Waals surface area contributed by atoms with Gasteiger partial charge in [-0.1, -0.05) is 19.8 Å². The molecule has 1 fully saturated rings. The molecule has 0 saturated heterocycles. The molecule has 1 aliphatic carbocycles. The fraction of sp³-hybridized carbons (Fsp3) is 0.800. The molecular formula is C10H16O2. The third kappa shape index (κ3) is 2.16. The zero-order valence-electron chi connectivity index (χ0n) is 7.64. The molecule has 2 heteroatoms. The van der Waals surface area contributed by atoms with Crippen molar-refractivity contribution >= 4 is 11.6 Å². The molecule has 2 nitrogen and oxygen atoms in total. The zero-order valence-corrected chi connectivity index (χ0v) is 7.64. The van der Waals surface area contributed by atoms with Crippen molar-refractivity contribution in [2.45, 2.75) is 45.4 Å². The van der Waals surface area contributed by atoms with Crippen LogP contribution in [0, 0.1) is 5.92 Å². The van der Waals surface area contributed by atoms with Crippen molar-refractivity contribution in [3.8, 4) is 0 Å². The van der Waals surface area contributed by atoms with Gasteiger partial charge in [-0.3, -0.25) is 9.59 Å². The molecule has 0 aromatic heterocycles. The Morgan fingerprint density at radius 1 is 1.25 bits per heavy atom. The van der Waals surface area contributed by atoms with Gasteiger partial charge in [-0.05, 0) is 19.3 Å². The number of carbonyl (C=O) groups excluding carboxylic acids is 2. The van der Waals surface area contributed by atoms with E-state index < -0.39 is 0 Å². The van der Waals surface area contributed by atoms with E-state index in [-0.39, 0.29) is 17.5 Å². The number of rotatable bonds is 4. The van der Waals surface area contributed by atoms with Crippen LogP contribution in [0.2, 0.25) is 0 Å². The average molecular weight is 168 g/mol. The van der Waals surface area contributed by atoms with Crippen LogP contribution >= 0.6 is 0 Å². The quantitative estimate of drug-likeness (QED) is 0.602. The second-order valence-corrected chi connectivity index (χ2v) is 3.52. The van der Waals surface area contributed by atoms with Gasteiger partial charge in [-0.25, -0.2) is 0 Å². The van der Waals surface area contributed by atoms with Crippen molar-refractivity contribution < 1.29 is 9.59 Å². The van der Waals surface area contributed by atoms with Crippen LogP contribution in [0.3, 0.4) is 0 Å². The molecule has 0 aromatic carbocycles. The van der Waals surface area contributed by atoms with Crippen LogP contribution in [0.15, 0.2) is 0 Å². The lowest BCUT2D eigenvalue weighted by molar-refractivity contribution is -0.138. The maximum atomic E-state index is 11.4. The molecule has 0 radical (unpaired) electrons. The second-order valence-electron chi connectivity index (χ2n) is 3.52. The number of hydrogen-bond acceptors (Lipinski definition) is 2. The fourth-order valence-corrected chi connectivity index (χ4v) is 1.77. The molecule has 0 aromatic rings. The first-order valence-corrected chi connectivity index (χ1v) is 4.82. The summed E-state index contributed by atoms with van der Waals surface area (Å²) in [6.45, 7) is 1.93. The van der Waals surface area contributed by atoms with E-state index in [4.69, 9.17) is 0 Å². The van der Waals surface area contributed by atoms with Gasteiger partial charge in [0.15, 0.2) is 5.78 Å².